The lowest BCUT2D eigenvalue weighted by Crippen LogP contribution is -2.37. The van der Waals surface area contributed by atoms with Crippen molar-refractivity contribution in [1.82, 2.24) is 15.2 Å². The van der Waals surface area contributed by atoms with Gasteiger partial charge in [-0.2, -0.15) is 0 Å². The zero-order chi connectivity index (χ0) is 18.8. The van der Waals surface area contributed by atoms with Gasteiger partial charge in [0.1, 0.15) is 0 Å². The molecule has 2 N–H and O–H groups in total. The number of nitrogens with zero attached hydrogens (tertiary/aromatic N) is 1. The van der Waals surface area contributed by atoms with Crippen molar-refractivity contribution < 1.29 is 4.39 Å². The highest BCUT2D eigenvalue weighted by atomic mass is 35.5. The van der Waals surface area contributed by atoms with Crippen LogP contribution >= 0.6 is 11.6 Å². The van der Waals surface area contributed by atoms with Crippen LogP contribution in [0.4, 0.5) is 4.39 Å². The Morgan fingerprint density at radius 1 is 1.19 bits per heavy atom. The minimum absolute atomic E-state index is 0.216. The number of nitrogens with one attached hydrogen (secondary N) is 2. The molecule has 0 amide bonds. The number of hydrogen-bond acceptors (Lipinski definition) is 2. The summed E-state index contributed by atoms with van der Waals surface area (Å²) in [7, 11) is 1.99. The molecule has 1 aromatic heterocycles. The van der Waals surface area contributed by atoms with E-state index in [1.165, 1.54) is 5.56 Å². The smallest absolute Gasteiger partial charge is 0.156 e. The quantitative estimate of drug-likeness (QED) is 0.645. The molecule has 4 rings (SSSR count). The average molecular weight is 386 g/mol. The fourth-order valence-corrected chi connectivity index (χ4v) is 4.27. The molecule has 1 saturated heterocycles. The van der Waals surface area contributed by atoms with Gasteiger partial charge in [-0.1, -0.05) is 35.9 Å². The van der Waals surface area contributed by atoms with E-state index in [4.69, 9.17) is 11.6 Å². The molecule has 1 aliphatic heterocycles. The molecule has 0 atom stereocenters. The first-order valence-electron chi connectivity index (χ1n) is 9.60. The lowest BCUT2D eigenvalue weighted by atomic mass is 9.89. The van der Waals surface area contributed by atoms with Gasteiger partial charge in [0.25, 0.3) is 0 Å². The molecule has 5 heteroatoms. The van der Waals surface area contributed by atoms with E-state index in [0.29, 0.717) is 27.6 Å². The van der Waals surface area contributed by atoms with Crippen molar-refractivity contribution in [1.29, 1.82) is 0 Å². The second-order valence-corrected chi connectivity index (χ2v) is 7.73. The maximum Gasteiger partial charge on any atom is 0.156 e. The van der Waals surface area contributed by atoms with Gasteiger partial charge in [-0.3, -0.25) is 0 Å². The highest BCUT2D eigenvalue weighted by molar-refractivity contribution is 6.33. The Morgan fingerprint density at radius 3 is 2.70 bits per heavy atom. The molecule has 0 aliphatic carbocycles. The number of piperidine rings is 1. The summed E-state index contributed by atoms with van der Waals surface area (Å²) in [6.07, 6.45) is 2.25. The Balaban J connectivity index is 1.58. The molecule has 1 aliphatic rings. The van der Waals surface area contributed by atoms with Crippen molar-refractivity contribution in [3.05, 3.63) is 58.9 Å². The van der Waals surface area contributed by atoms with Gasteiger partial charge in [-0.05, 0) is 62.7 Å². The van der Waals surface area contributed by atoms with E-state index in [2.05, 4.69) is 21.3 Å². The van der Waals surface area contributed by atoms with Gasteiger partial charge in [0.15, 0.2) is 5.82 Å². The molecule has 3 nitrogen and oxygen atoms in total. The van der Waals surface area contributed by atoms with Crippen LogP contribution in [0.1, 0.15) is 24.3 Å². The summed E-state index contributed by atoms with van der Waals surface area (Å²) in [5.41, 5.74) is 3.22. The third kappa shape index (κ3) is 3.75. The highest BCUT2D eigenvalue weighted by Gasteiger charge is 2.22. The monoisotopic (exact) mass is 385 g/mol. The van der Waals surface area contributed by atoms with Crippen molar-refractivity contribution in [3.8, 4) is 11.3 Å². The normalized spacial score (nSPS) is 16.3. The predicted molar refractivity (Wildman–Crippen MR) is 111 cm³/mol. The molecular formula is C22H25ClFN3. The van der Waals surface area contributed by atoms with Crippen LogP contribution in [0.25, 0.3) is 22.2 Å². The second-order valence-electron chi connectivity index (χ2n) is 7.32. The molecule has 3 aromatic rings. The molecule has 27 heavy (non-hydrogen) atoms. The number of aromatic nitrogens is 1. The first-order chi connectivity index (χ1) is 13.2. The second kappa shape index (κ2) is 8.01. The third-order valence-corrected chi connectivity index (χ3v) is 5.97. The lowest BCUT2D eigenvalue weighted by molar-refractivity contribution is 0.214. The fraction of sp³-hybridized carbons (Fsp3) is 0.364. The first-order valence-corrected chi connectivity index (χ1v) is 9.98. The van der Waals surface area contributed by atoms with E-state index >= 15 is 4.39 Å². The Hall–Kier alpha value is -1.88. The van der Waals surface area contributed by atoms with Crippen LogP contribution in [0, 0.1) is 5.82 Å². The van der Waals surface area contributed by atoms with Gasteiger partial charge >= 0.3 is 0 Å². The number of H-pyrrole nitrogens is 1. The Kier molecular flexibility index (Phi) is 5.48. The molecular weight excluding hydrogens is 361 g/mol. The van der Waals surface area contributed by atoms with Crippen molar-refractivity contribution >= 4 is 22.5 Å². The number of aromatic amines is 1. The van der Waals surface area contributed by atoms with Crippen LogP contribution in [-0.4, -0.2) is 43.1 Å². The van der Waals surface area contributed by atoms with E-state index in [1.54, 1.807) is 6.07 Å². The van der Waals surface area contributed by atoms with E-state index < -0.39 is 0 Å². The minimum Gasteiger partial charge on any atom is -0.352 e. The summed E-state index contributed by atoms with van der Waals surface area (Å²) in [4.78, 5) is 5.70. The summed E-state index contributed by atoms with van der Waals surface area (Å²) in [6.45, 7) is 4.32. The largest absolute Gasteiger partial charge is 0.352 e. The van der Waals surface area contributed by atoms with E-state index in [9.17, 15) is 0 Å². The van der Waals surface area contributed by atoms with Crippen LogP contribution in [0.5, 0.6) is 0 Å². The SMILES string of the molecule is CNCCN1CCC(c2ccc3[nH]c(-c4ccccc4Cl)c(F)c3c2)CC1. The number of benzene rings is 2. The molecule has 1 fully saturated rings. The summed E-state index contributed by atoms with van der Waals surface area (Å²) in [5, 5.41) is 4.41. The van der Waals surface area contributed by atoms with Crippen LogP contribution in [-0.2, 0) is 0 Å². The Morgan fingerprint density at radius 2 is 1.96 bits per heavy atom. The van der Waals surface area contributed by atoms with E-state index in [1.807, 2.05) is 37.4 Å². The van der Waals surface area contributed by atoms with Gasteiger partial charge in [0.05, 0.1) is 5.69 Å². The van der Waals surface area contributed by atoms with Crippen LogP contribution in [0.3, 0.4) is 0 Å². The van der Waals surface area contributed by atoms with Crippen molar-refractivity contribution in [2.75, 3.05) is 33.2 Å². The topological polar surface area (TPSA) is 31.1 Å². The predicted octanol–water partition coefficient (Wildman–Crippen LogP) is 5.03. The number of likely N-dealkylation sites (N-methyl/N-ethyl adjacent to an activating group) is 1. The average Bonchev–Trinajstić information content (AvgIpc) is 3.03. The number of hydrogen-bond donors (Lipinski definition) is 2. The highest BCUT2D eigenvalue weighted by Crippen LogP contribution is 2.36. The third-order valence-electron chi connectivity index (χ3n) is 5.64. The number of rotatable bonds is 5. The molecule has 2 aromatic carbocycles. The minimum atomic E-state index is -0.216. The number of likely N-dealkylation sites (tertiary alicyclic amines) is 1. The molecule has 0 radical (unpaired) electrons. The molecule has 0 spiro atoms. The lowest BCUT2D eigenvalue weighted by Gasteiger charge is -2.32. The Labute approximate surface area is 164 Å². The van der Waals surface area contributed by atoms with Gasteiger partial charge < -0.3 is 15.2 Å². The van der Waals surface area contributed by atoms with Gasteiger partial charge in [-0.25, -0.2) is 4.39 Å². The summed E-state index contributed by atoms with van der Waals surface area (Å²) in [6, 6.07) is 13.5. The van der Waals surface area contributed by atoms with Gasteiger partial charge in [-0.15, -0.1) is 0 Å². The van der Waals surface area contributed by atoms with Crippen LogP contribution in [0.15, 0.2) is 42.5 Å². The summed E-state index contributed by atoms with van der Waals surface area (Å²) >= 11 is 6.27. The first kappa shape index (κ1) is 18.5. The fourth-order valence-electron chi connectivity index (χ4n) is 4.04. The van der Waals surface area contributed by atoms with E-state index in [-0.39, 0.29) is 5.82 Å². The molecule has 0 unspecified atom stereocenters. The molecule has 0 saturated carbocycles. The molecule has 142 valence electrons. The Bertz CT molecular complexity index is 928. The maximum absolute atomic E-state index is 15.1. The molecule has 2 heterocycles. The van der Waals surface area contributed by atoms with Gasteiger partial charge in [0, 0.05) is 34.6 Å². The zero-order valence-electron chi connectivity index (χ0n) is 15.6. The van der Waals surface area contributed by atoms with Crippen LogP contribution in [0.2, 0.25) is 5.02 Å². The van der Waals surface area contributed by atoms with Crippen LogP contribution < -0.4 is 5.32 Å². The summed E-state index contributed by atoms with van der Waals surface area (Å²) < 4.78 is 15.1. The summed E-state index contributed by atoms with van der Waals surface area (Å²) in [5.74, 6) is 0.282. The molecule has 0 bridgehead atoms. The standard InChI is InChI=1S/C22H25ClFN3/c1-25-10-13-27-11-8-15(9-12-27)16-6-7-20-18(14-16)21(24)22(26-20)17-4-2-3-5-19(17)23/h2-7,14-15,25-26H,8-13H2,1H3. The number of halogens is 2. The van der Waals surface area contributed by atoms with E-state index in [0.717, 1.165) is 44.5 Å². The van der Waals surface area contributed by atoms with Crippen molar-refractivity contribution in [3.63, 3.8) is 0 Å². The van der Waals surface area contributed by atoms with Crippen molar-refractivity contribution in [2.45, 2.75) is 18.8 Å². The van der Waals surface area contributed by atoms with Crippen molar-refractivity contribution in [2.24, 2.45) is 0 Å². The zero-order valence-corrected chi connectivity index (χ0v) is 16.3. The maximum atomic E-state index is 15.1. The number of fused-ring (bicyclic) bond motifs is 1. The van der Waals surface area contributed by atoms with Gasteiger partial charge in [0.2, 0.25) is 0 Å².